The molecule has 2 heterocycles. The van der Waals surface area contributed by atoms with E-state index in [0.29, 0.717) is 13.0 Å². The normalized spacial score (nSPS) is 21.5. The van der Waals surface area contributed by atoms with Gasteiger partial charge in [-0.15, -0.1) is 11.3 Å². The van der Waals surface area contributed by atoms with Gasteiger partial charge >= 0.3 is 0 Å². The van der Waals surface area contributed by atoms with Gasteiger partial charge < -0.3 is 10.4 Å². The van der Waals surface area contributed by atoms with Crippen molar-refractivity contribution < 1.29 is 9.90 Å². The van der Waals surface area contributed by atoms with Crippen LogP contribution in [0.15, 0.2) is 24.0 Å². The Hall–Kier alpha value is -1.86. The molecular formula is C15H18N4O2S. The average molecular weight is 318 g/mol. The monoisotopic (exact) mass is 318 g/mol. The maximum Gasteiger partial charge on any atom is 0.223 e. The zero-order valence-corrected chi connectivity index (χ0v) is 12.9. The molecule has 0 unspecified atom stereocenters. The number of carbonyl (C=O) groups excluding carboxylic acids is 1. The van der Waals surface area contributed by atoms with Crippen LogP contribution in [0.2, 0.25) is 0 Å². The van der Waals surface area contributed by atoms with Gasteiger partial charge in [0.25, 0.3) is 0 Å². The molecular weight excluding hydrogens is 300 g/mol. The maximum absolute atomic E-state index is 12.1. The number of aliphatic hydroxyl groups excluding tert-OH is 1. The fraction of sp³-hybridized carbons (Fsp3) is 0.467. The van der Waals surface area contributed by atoms with Gasteiger partial charge in [-0.05, 0) is 19.3 Å². The van der Waals surface area contributed by atoms with E-state index in [0.717, 1.165) is 35.7 Å². The Morgan fingerprint density at radius 2 is 2.32 bits per heavy atom. The van der Waals surface area contributed by atoms with Gasteiger partial charge in [-0.2, -0.15) is 0 Å². The van der Waals surface area contributed by atoms with Crippen molar-refractivity contribution >= 4 is 17.2 Å². The summed E-state index contributed by atoms with van der Waals surface area (Å²) in [7, 11) is 0. The molecule has 2 atom stereocenters. The van der Waals surface area contributed by atoms with Crippen LogP contribution in [0.4, 0.5) is 0 Å². The number of aliphatic hydroxyl groups is 1. The molecule has 2 aromatic heterocycles. The Labute approximate surface area is 132 Å². The average Bonchev–Trinajstić information content (AvgIpc) is 3.02. The van der Waals surface area contributed by atoms with Crippen molar-refractivity contribution in [2.75, 3.05) is 0 Å². The predicted molar refractivity (Wildman–Crippen MR) is 83.0 cm³/mol. The van der Waals surface area contributed by atoms with Crippen molar-refractivity contribution in [2.45, 2.75) is 38.3 Å². The van der Waals surface area contributed by atoms with E-state index >= 15 is 0 Å². The number of hydrogen-bond acceptors (Lipinski definition) is 6. The smallest absolute Gasteiger partial charge is 0.223 e. The summed E-state index contributed by atoms with van der Waals surface area (Å²) >= 11 is 1.49. The van der Waals surface area contributed by atoms with Crippen molar-refractivity contribution in [3.8, 4) is 10.7 Å². The molecule has 1 aliphatic rings. The molecule has 0 aromatic carbocycles. The van der Waals surface area contributed by atoms with Crippen LogP contribution in [-0.2, 0) is 11.3 Å². The molecule has 1 amide bonds. The SMILES string of the molecule is O=C(NCc1csc(-c2cnccn2)n1)[C@H]1CCC[C@@H](O)C1. The van der Waals surface area contributed by atoms with E-state index in [4.69, 9.17) is 0 Å². The second-order valence-corrected chi connectivity index (χ2v) is 6.33. The van der Waals surface area contributed by atoms with Crippen LogP contribution < -0.4 is 5.32 Å². The zero-order valence-electron chi connectivity index (χ0n) is 12.1. The van der Waals surface area contributed by atoms with Gasteiger partial charge in [0.2, 0.25) is 5.91 Å². The molecule has 0 radical (unpaired) electrons. The largest absolute Gasteiger partial charge is 0.393 e. The Morgan fingerprint density at radius 3 is 3.09 bits per heavy atom. The van der Waals surface area contributed by atoms with Crippen molar-refractivity contribution in [3.05, 3.63) is 29.7 Å². The molecule has 22 heavy (non-hydrogen) atoms. The third-order valence-electron chi connectivity index (χ3n) is 3.80. The summed E-state index contributed by atoms with van der Waals surface area (Å²) in [5.41, 5.74) is 1.55. The van der Waals surface area contributed by atoms with E-state index in [1.807, 2.05) is 5.38 Å². The second-order valence-electron chi connectivity index (χ2n) is 5.47. The van der Waals surface area contributed by atoms with Crippen molar-refractivity contribution in [3.63, 3.8) is 0 Å². The fourth-order valence-corrected chi connectivity index (χ4v) is 3.42. The van der Waals surface area contributed by atoms with Crippen LogP contribution >= 0.6 is 11.3 Å². The maximum atomic E-state index is 12.1. The summed E-state index contributed by atoms with van der Waals surface area (Å²) in [6.45, 7) is 0.405. The number of nitrogens with zero attached hydrogens (tertiary/aromatic N) is 3. The van der Waals surface area contributed by atoms with Gasteiger partial charge in [0.15, 0.2) is 0 Å². The fourth-order valence-electron chi connectivity index (χ4n) is 2.64. The molecule has 1 saturated carbocycles. The summed E-state index contributed by atoms with van der Waals surface area (Å²) in [6.07, 6.45) is 7.71. The molecule has 116 valence electrons. The first-order valence-corrected chi connectivity index (χ1v) is 8.27. The lowest BCUT2D eigenvalue weighted by atomic mass is 9.87. The highest BCUT2D eigenvalue weighted by Gasteiger charge is 2.25. The highest BCUT2D eigenvalue weighted by molar-refractivity contribution is 7.13. The summed E-state index contributed by atoms with van der Waals surface area (Å²) < 4.78 is 0. The third-order valence-corrected chi connectivity index (χ3v) is 4.71. The zero-order chi connectivity index (χ0) is 15.4. The minimum absolute atomic E-state index is 0.00722. The molecule has 2 N–H and O–H groups in total. The molecule has 0 bridgehead atoms. The van der Waals surface area contributed by atoms with Crippen molar-refractivity contribution in [2.24, 2.45) is 5.92 Å². The molecule has 3 rings (SSSR count). The number of thiazole rings is 1. The number of aromatic nitrogens is 3. The third kappa shape index (κ3) is 3.66. The second kappa shape index (κ2) is 6.93. The van der Waals surface area contributed by atoms with Crippen LogP contribution in [0, 0.1) is 5.92 Å². The lowest BCUT2D eigenvalue weighted by molar-refractivity contribution is -0.127. The number of hydrogen-bond donors (Lipinski definition) is 2. The number of nitrogens with one attached hydrogen (secondary N) is 1. The highest BCUT2D eigenvalue weighted by Crippen LogP contribution is 2.25. The first kappa shape index (κ1) is 15.1. The summed E-state index contributed by atoms with van der Waals surface area (Å²) in [6, 6.07) is 0. The molecule has 7 heteroatoms. The van der Waals surface area contributed by atoms with E-state index in [1.54, 1.807) is 18.6 Å². The van der Waals surface area contributed by atoms with Gasteiger partial charge in [-0.1, -0.05) is 6.42 Å². The Balaban J connectivity index is 1.56. The highest BCUT2D eigenvalue weighted by atomic mass is 32.1. The van der Waals surface area contributed by atoms with Crippen LogP contribution in [0.25, 0.3) is 10.7 Å². The van der Waals surface area contributed by atoms with Gasteiger partial charge in [0.1, 0.15) is 10.7 Å². The Bertz CT molecular complexity index is 631. The minimum atomic E-state index is -0.341. The van der Waals surface area contributed by atoms with Gasteiger partial charge in [0.05, 0.1) is 24.5 Å². The lowest BCUT2D eigenvalue weighted by Gasteiger charge is -2.24. The Morgan fingerprint density at radius 1 is 1.41 bits per heavy atom. The molecule has 1 aliphatic carbocycles. The molecule has 0 aliphatic heterocycles. The summed E-state index contributed by atoms with van der Waals surface area (Å²) in [5, 5.41) is 15.3. The summed E-state index contributed by atoms with van der Waals surface area (Å²) in [4.78, 5) is 24.8. The van der Waals surface area contributed by atoms with E-state index in [2.05, 4.69) is 20.3 Å². The van der Waals surface area contributed by atoms with E-state index in [1.165, 1.54) is 11.3 Å². The van der Waals surface area contributed by atoms with Crippen LogP contribution in [0.1, 0.15) is 31.4 Å². The van der Waals surface area contributed by atoms with Crippen LogP contribution in [-0.4, -0.2) is 32.1 Å². The first-order chi connectivity index (χ1) is 10.7. The molecule has 2 aromatic rings. The first-order valence-electron chi connectivity index (χ1n) is 7.39. The topological polar surface area (TPSA) is 88.0 Å². The van der Waals surface area contributed by atoms with Gasteiger partial charge in [-0.25, -0.2) is 4.98 Å². The van der Waals surface area contributed by atoms with E-state index in [-0.39, 0.29) is 17.9 Å². The molecule has 0 saturated heterocycles. The van der Waals surface area contributed by atoms with Crippen molar-refractivity contribution in [1.82, 2.24) is 20.3 Å². The minimum Gasteiger partial charge on any atom is -0.393 e. The standard InChI is InChI=1S/C15H18N4O2S/c20-12-3-1-2-10(6-12)14(21)18-7-11-9-22-15(19-11)13-8-16-4-5-17-13/h4-5,8-10,12,20H,1-3,6-7H2,(H,18,21)/t10-,12+/m0/s1. The van der Waals surface area contributed by atoms with Crippen LogP contribution in [0.3, 0.4) is 0 Å². The van der Waals surface area contributed by atoms with Crippen LogP contribution in [0.5, 0.6) is 0 Å². The molecule has 0 spiro atoms. The number of rotatable bonds is 4. The number of amides is 1. The predicted octanol–water partition coefficient (Wildman–Crippen LogP) is 1.77. The molecule has 1 fully saturated rings. The quantitative estimate of drug-likeness (QED) is 0.897. The van der Waals surface area contributed by atoms with Gasteiger partial charge in [0, 0.05) is 23.7 Å². The summed E-state index contributed by atoms with van der Waals surface area (Å²) in [5.74, 6) is -0.0744. The number of carbonyl (C=O) groups is 1. The van der Waals surface area contributed by atoms with E-state index in [9.17, 15) is 9.90 Å². The molecule has 6 nitrogen and oxygen atoms in total. The van der Waals surface area contributed by atoms with E-state index < -0.39 is 0 Å². The van der Waals surface area contributed by atoms with Crippen molar-refractivity contribution in [1.29, 1.82) is 0 Å². The van der Waals surface area contributed by atoms with Gasteiger partial charge in [-0.3, -0.25) is 14.8 Å². The lowest BCUT2D eigenvalue weighted by Crippen LogP contribution is -2.34. The Kier molecular flexibility index (Phi) is 4.74.